The fourth-order valence-electron chi connectivity index (χ4n) is 6.75. The van der Waals surface area contributed by atoms with Crippen molar-refractivity contribution in [2.75, 3.05) is 18.4 Å². The minimum atomic E-state index is -4.81. The minimum absolute atomic E-state index is 0.000387. The minimum Gasteiger partial charge on any atom is -0.393 e. The zero-order valence-electron chi connectivity index (χ0n) is 26.2. The monoisotopic (exact) mass is 692 g/mol. The first-order chi connectivity index (χ1) is 23.5. The number of fused-ring (bicyclic) bond motifs is 2. The quantitative estimate of drug-likeness (QED) is 0.209. The molecule has 0 spiro atoms. The summed E-state index contributed by atoms with van der Waals surface area (Å²) < 4.78 is 59.4. The first kappa shape index (κ1) is 32.9. The van der Waals surface area contributed by atoms with Gasteiger partial charge in [0.2, 0.25) is 0 Å². The molecular weight excluding hydrogens is 660 g/mol. The summed E-state index contributed by atoms with van der Waals surface area (Å²) in [6.45, 7) is 1.95. The Labute approximate surface area is 283 Å². The van der Waals surface area contributed by atoms with Gasteiger partial charge in [0.15, 0.2) is 11.2 Å². The number of thiazole rings is 1. The van der Waals surface area contributed by atoms with E-state index >= 15 is 0 Å². The fourth-order valence-corrected chi connectivity index (χ4v) is 7.28. The molecule has 1 saturated heterocycles. The number of carbonyl (C=O) groups excluding carboxylic acids is 2. The number of carbonyl (C=O) groups is 2. The van der Waals surface area contributed by atoms with Crippen molar-refractivity contribution in [2.24, 2.45) is 0 Å². The van der Waals surface area contributed by atoms with E-state index in [9.17, 15) is 32.3 Å². The SMILES string of the molecule is O=C(Nc1nccs1)[C@@H](c1ncn2c1C[C@@H](F)C2)N1Cc2c(cc(C#Cc3ccc(CN4CCC[C@@H](O)CC4)cc3)cc2C(F)(F)F)C1=O. The zero-order chi connectivity index (χ0) is 34.3. The van der Waals surface area contributed by atoms with E-state index in [2.05, 4.69) is 32.0 Å². The summed E-state index contributed by atoms with van der Waals surface area (Å²) in [6.07, 6.45) is -1.02. The number of aliphatic hydroxyl groups is 1. The zero-order valence-corrected chi connectivity index (χ0v) is 27.0. The second-order valence-electron chi connectivity index (χ2n) is 12.5. The summed E-state index contributed by atoms with van der Waals surface area (Å²) in [5.41, 5.74) is 0.693. The number of aliphatic hydroxyl groups excluding tert-OH is 1. The van der Waals surface area contributed by atoms with E-state index in [1.807, 2.05) is 12.1 Å². The van der Waals surface area contributed by atoms with E-state index in [0.717, 1.165) is 66.8 Å². The number of nitrogens with one attached hydrogen (secondary N) is 1. The number of halogens is 4. The smallest absolute Gasteiger partial charge is 0.393 e. The number of alkyl halides is 4. The molecule has 14 heteroatoms. The maximum Gasteiger partial charge on any atom is 0.416 e. The predicted octanol–water partition coefficient (Wildman–Crippen LogP) is 5.34. The second kappa shape index (κ2) is 13.4. The molecule has 2 amide bonds. The first-order valence-electron chi connectivity index (χ1n) is 16.0. The van der Waals surface area contributed by atoms with E-state index in [-0.39, 0.29) is 46.6 Å². The number of anilines is 1. The largest absolute Gasteiger partial charge is 0.416 e. The highest BCUT2D eigenvalue weighted by Gasteiger charge is 2.45. The molecule has 2 aromatic heterocycles. The first-order valence-corrected chi connectivity index (χ1v) is 16.9. The van der Waals surface area contributed by atoms with Gasteiger partial charge in [-0.1, -0.05) is 24.0 Å². The van der Waals surface area contributed by atoms with Gasteiger partial charge in [0.1, 0.15) is 6.17 Å². The molecule has 7 rings (SSSR count). The molecule has 4 aromatic rings. The lowest BCUT2D eigenvalue weighted by Crippen LogP contribution is -2.38. The molecule has 254 valence electrons. The highest BCUT2D eigenvalue weighted by atomic mass is 32.1. The topological polar surface area (TPSA) is 104 Å². The summed E-state index contributed by atoms with van der Waals surface area (Å²) >= 11 is 1.14. The van der Waals surface area contributed by atoms with Gasteiger partial charge in [0.25, 0.3) is 11.8 Å². The van der Waals surface area contributed by atoms with Crippen LogP contribution in [0.3, 0.4) is 0 Å². The van der Waals surface area contributed by atoms with Gasteiger partial charge in [-0.3, -0.25) is 19.8 Å². The fraction of sp³-hybridized carbons (Fsp3) is 0.371. The predicted molar refractivity (Wildman–Crippen MR) is 173 cm³/mol. The number of aromatic nitrogens is 3. The average molecular weight is 693 g/mol. The Morgan fingerprint density at radius 3 is 2.65 bits per heavy atom. The normalized spacial score (nSPS) is 19.9. The molecule has 1 fully saturated rings. The maximum absolute atomic E-state index is 14.5. The molecular formula is C35H32F4N6O3S. The van der Waals surface area contributed by atoms with E-state index in [1.165, 1.54) is 18.6 Å². The van der Waals surface area contributed by atoms with Crippen LogP contribution in [0.4, 0.5) is 22.7 Å². The Morgan fingerprint density at radius 1 is 1.10 bits per heavy atom. The summed E-state index contributed by atoms with van der Waals surface area (Å²) in [7, 11) is 0. The van der Waals surface area contributed by atoms with Crippen molar-refractivity contribution < 1.29 is 32.3 Å². The van der Waals surface area contributed by atoms with E-state index < -0.39 is 42.3 Å². The van der Waals surface area contributed by atoms with Gasteiger partial charge in [-0.15, -0.1) is 11.3 Å². The third-order valence-electron chi connectivity index (χ3n) is 9.15. The molecule has 2 aromatic carbocycles. The molecule has 0 aliphatic carbocycles. The molecule has 3 aliphatic heterocycles. The van der Waals surface area contributed by atoms with Crippen molar-refractivity contribution in [1.82, 2.24) is 24.3 Å². The van der Waals surface area contributed by atoms with Crippen LogP contribution in [0.5, 0.6) is 0 Å². The molecule has 0 bridgehead atoms. The Bertz CT molecular complexity index is 1930. The van der Waals surface area contributed by atoms with Crippen molar-refractivity contribution in [3.8, 4) is 11.8 Å². The molecule has 5 heterocycles. The Morgan fingerprint density at radius 2 is 1.90 bits per heavy atom. The Hall–Kier alpha value is -4.58. The van der Waals surface area contributed by atoms with Crippen molar-refractivity contribution in [3.05, 3.63) is 99.1 Å². The number of amides is 2. The Kier molecular flexibility index (Phi) is 8.99. The van der Waals surface area contributed by atoms with Gasteiger partial charge in [-0.05, 0) is 61.2 Å². The van der Waals surface area contributed by atoms with Crippen molar-refractivity contribution >= 4 is 28.3 Å². The van der Waals surface area contributed by atoms with Crippen LogP contribution >= 0.6 is 11.3 Å². The van der Waals surface area contributed by atoms with E-state index in [4.69, 9.17) is 0 Å². The highest BCUT2D eigenvalue weighted by molar-refractivity contribution is 7.13. The molecule has 3 atom stereocenters. The van der Waals surface area contributed by atoms with Crippen LogP contribution in [-0.4, -0.2) is 66.6 Å². The molecule has 3 aliphatic rings. The van der Waals surface area contributed by atoms with Gasteiger partial charge in [-0.25, -0.2) is 14.4 Å². The molecule has 0 saturated carbocycles. The summed E-state index contributed by atoms with van der Waals surface area (Å²) in [5.74, 6) is 4.21. The van der Waals surface area contributed by atoms with E-state index in [0.29, 0.717) is 11.3 Å². The van der Waals surface area contributed by atoms with Crippen LogP contribution in [-0.2, 0) is 37.0 Å². The third kappa shape index (κ3) is 6.96. The summed E-state index contributed by atoms with van der Waals surface area (Å²) in [5, 5.41) is 14.4. The molecule has 2 N–H and O–H groups in total. The van der Waals surface area contributed by atoms with Gasteiger partial charge >= 0.3 is 6.18 Å². The molecule has 0 radical (unpaired) electrons. The van der Waals surface area contributed by atoms with Gasteiger partial charge in [0, 0.05) is 60.0 Å². The number of nitrogens with zero attached hydrogens (tertiary/aromatic N) is 5. The van der Waals surface area contributed by atoms with Crippen molar-refractivity contribution in [2.45, 2.75) is 69.8 Å². The van der Waals surface area contributed by atoms with Gasteiger partial charge in [-0.2, -0.15) is 13.2 Å². The lowest BCUT2D eigenvalue weighted by molar-refractivity contribution is -0.138. The van der Waals surface area contributed by atoms with Crippen LogP contribution < -0.4 is 5.32 Å². The Balaban J connectivity index is 1.17. The molecule has 49 heavy (non-hydrogen) atoms. The second-order valence-corrected chi connectivity index (χ2v) is 13.4. The van der Waals surface area contributed by atoms with Gasteiger partial charge < -0.3 is 14.6 Å². The molecule has 0 unspecified atom stereocenters. The standard InChI is InChI=1S/C35H32F4N6O3S/c36-24-16-29-30(41-20-44(29)18-24)31(32(47)42-34-40-10-13-49-34)45-19-27-26(33(45)48)14-23(15-28(27)35(37,38)39)8-5-21-3-6-22(7-4-21)17-43-11-1-2-25(46)9-12-43/h3-4,6-7,10,13-15,20,24-25,31,46H,1-2,9,11-12,16-19H2,(H,40,42,47)/t24-,25-,31-/m1/s1. The number of rotatable bonds is 6. The van der Waals surface area contributed by atoms with Crippen LogP contribution in [0, 0.1) is 11.8 Å². The lowest BCUT2D eigenvalue weighted by atomic mass is 9.99. The number of hydrogen-bond donors (Lipinski definition) is 2. The lowest BCUT2D eigenvalue weighted by Gasteiger charge is -2.26. The summed E-state index contributed by atoms with van der Waals surface area (Å²) in [6, 6.07) is 8.27. The number of likely N-dealkylation sites (tertiary alicyclic amines) is 1. The van der Waals surface area contributed by atoms with Crippen LogP contribution in [0.1, 0.15) is 74.9 Å². The maximum atomic E-state index is 14.5. The number of hydrogen-bond acceptors (Lipinski definition) is 7. The highest BCUT2D eigenvalue weighted by Crippen LogP contribution is 2.41. The third-order valence-corrected chi connectivity index (χ3v) is 9.83. The van der Waals surface area contributed by atoms with Crippen LogP contribution in [0.15, 0.2) is 54.3 Å². The number of benzene rings is 2. The van der Waals surface area contributed by atoms with Crippen LogP contribution in [0.2, 0.25) is 0 Å². The average Bonchev–Trinajstić information content (AvgIpc) is 3.83. The number of imidazole rings is 1. The van der Waals surface area contributed by atoms with Crippen LogP contribution in [0.25, 0.3) is 0 Å². The van der Waals surface area contributed by atoms with E-state index in [1.54, 1.807) is 22.1 Å². The summed E-state index contributed by atoms with van der Waals surface area (Å²) in [4.78, 5) is 39.4. The van der Waals surface area contributed by atoms with Gasteiger partial charge in [0.05, 0.1) is 30.2 Å². The van der Waals surface area contributed by atoms with Crippen molar-refractivity contribution in [1.29, 1.82) is 0 Å². The van der Waals surface area contributed by atoms with Crippen molar-refractivity contribution in [3.63, 3.8) is 0 Å². The molecule has 9 nitrogen and oxygen atoms in total.